The normalized spacial score (nSPS) is 17.3. The Morgan fingerprint density at radius 1 is 1.35 bits per heavy atom. The molecular weight excluding hydrogens is 295 g/mol. The molecule has 4 nitrogen and oxygen atoms in total. The Balaban J connectivity index is 1.85. The highest BCUT2D eigenvalue weighted by atomic mass is 19.1. The van der Waals surface area contributed by atoms with E-state index in [0.717, 1.165) is 24.8 Å². The van der Waals surface area contributed by atoms with E-state index in [1.165, 1.54) is 12.1 Å². The number of carbonyl (C=O) groups is 2. The molecule has 0 aliphatic carbocycles. The molecule has 1 saturated heterocycles. The van der Waals surface area contributed by atoms with Gasteiger partial charge in [0.25, 0.3) is 0 Å². The highest BCUT2D eigenvalue weighted by Gasteiger charge is 2.29. The molecule has 1 atom stereocenters. The third-order valence-corrected chi connectivity index (χ3v) is 4.17. The number of rotatable bonds is 7. The van der Waals surface area contributed by atoms with Gasteiger partial charge in [-0.25, -0.2) is 4.39 Å². The van der Waals surface area contributed by atoms with Crippen molar-refractivity contribution in [2.24, 2.45) is 0 Å². The summed E-state index contributed by atoms with van der Waals surface area (Å²) >= 11 is 0. The summed E-state index contributed by atoms with van der Waals surface area (Å²) in [6.07, 6.45) is 4.01. The summed E-state index contributed by atoms with van der Waals surface area (Å²) < 4.78 is 13.4. The summed E-state index contributed by atoms with van der Waals surface area (Å²) in [5.74, 6) is -0.211. The number of amides is 2. The van der Waals surface area contributed by atoms with Crippen LogP contribution < -0.4 is 5.32 Å². The van der Waals surface area contributed by atoms with Crippen molar-refractivity contribution in [1.82, 2.24) is 10.2 Å². The number of hydrogen-bond donors (Lipinski definition) is 1. The minimum atomic E-state index is -0.269. The largest absolute Gasteiger partial charge is 0.356 e. The zero-order chi connectivity index (χ0) is 16.7. The molecule has 0 bridgehead atoms. The molecule has 0 radical (unpaired) electrons. The van der Waals surface area contributed by atoms with Crippen molar-refractivity contribution in [2.45, 2.75) is 51.5 Å². The molecule has 2 amide bonds. The fraction of sp³-hybridized carbons (Fsp3) is 0.556. The molecule has 0 aromatic heterocycles. The van der Waals surface area contributed by atoms with Crippen molar-refractivity contribution < 1.29 is 14.0 Å². The number of nitrogens with zero attached hydrogens (tertiary/aromatic N) is 1. The first-order valence-corrected chi connectivity index (χ1v) is 8.43. The Morgan fingerprint density at radius 2 is 2.17 bits per heavy atom. The first kappa shape index (κ1) is 17.4. The molecule has 1 heterocycles. The third-order valence-electron chi connectivity index (χ3n) is 4.17. The van der Waals surface area contributed by atoms with Crippen LogP contribution in [0.5, 0.6) is 0 Å². The highest BCUT2D eigenvalue weighted by Crippen LogP contribution is 2.32. The molecular formula is C18H25FN2O2. The SMILES string of the molecule is CCCNC(=O)CCCC(=O)N1CCC[C@@H]1c1cccc(F)c1. The van der Waals surface area contributed by atoms with Gasteiger partial charge in [-0.05, 0) is 43.4 Å². The Bertz CT molecular complexity index is 548. The van der Waals surface area contributed by atoms with E-state index in [1.54, 1.807) is 6.07 Å². The van der Waals surface area contributed by atoms with Gasteiger partial charge >= 0.3 is 0 Å². The van der Waals surface area contributed by atoms with Crippen LogP contribution in [0.3, 0.4) is 0 Å². The van der Waals surface area contributed by atoms with Gasteiger partial charge in [0.2, 0.25) is 11.8 Å². The lowest BCUT2D eigenvalue weighted by Crippen LogP contribution is -2.31. The molecule has 1 fully saturated rings. The van der Waals surface area contributed by atoms with Crippen LogP contribution in [0, 0.1) is 5.82 Å². The van der Waals surface area contributed by atoms with E-state index in [9.17, 15) is 14.0 Å². The number of nitrogens with one attached hydrogen (secondary N) is 1. The summed E-state index contributed by atoms with van der Waals surface area (Å²) in [6.45, 7) is 3.40. The molecule has 5 heteroatoms. The Labute approximate surface area is 137 Å². The van der Waals surface area contributed by atoms with Gasteiger partial charge in [-0.3, -0.25) is 9.59 Å². The maximum absolute atomic E-state index is 13.4. The first-order chi connectivity index (χ1) is 11.1. The van der Waals surface area contributed by atoms with Crippen molar-refractivity contribution in [3.63, 3.8) is 0 Å². The molecule has 1 N–H and O–H groups in total. The smallest absolute Gasteiger partial charge is 0.223 e. The summed E-state index contributed by atoms with van der Waals surface area (Å²) in [7, 11) is 0. The van der Waals surface area contributed by atoms with Crippen LogP contribution >= 0.6 is 0 Å². The molecule has 1 aromatic carbocycles. The standard InChI is InChI=1S/C18H25FN2O2/c1-2-11-20-17(22)9-4-10-18(23)21-12-5-8-16(21)14-6-3-7-15(19)13-14/h3,6-7,13,16H,2,4-5,8-12H2,1H3,(H,20,22)/t16-/m1/s1. The van der Waals surface area contributed by atoms with Crippen molar-refractivity contribution in [2.75, 3.05) is 13.1 Å². The molecule has 0 unspecified atom stereocenters. The van der Waals surface area contributed by atoms with E-state index < -0.39 is 0 Å². The molecule has 1 aromatic rings. The van der Waals surface area contributed by atoms with Gasteiger partial charge in [-0.2, -0.15) is 0 Å². The van der Waals surface area contributed by atoms with Gasteiger partial charge in [0.05, 0.1) is 6.04 Å². The van der Waals surface area contributed by atoms with Crippen LogP contribution in [0.25, 0.3) is 0 Å². The topological polar surface area (TPSA) is 49.4 Å². The van der Waals surface area contributed by atoms with E-state index in [-0.39, 0.29) is 23.7 Å². The van der Waals surface area contributed by atoms with Gasteiger partial charge in [-0.1, -0.05) is 19.1 Å². The minimum Gasteiger partial charge on any atom is -0.356 e. The first-order valence-electron chi connectivity index (χ1n) is 8.43. The Hall–Kier alpha value is -1.91. The number of carbonyl (C=O) groups excluding carboxylic acids is 2. The second-order valence-electron chi connectivity index (χ2n) is 6.00. The fourth-order valence-electron chi connectivity index (χ4n) is 3.02. The molecule has 23 heavy (non-hydrogen) atoms. The molecule has 0 saturated carbocycles. The lowest BCUT2D eigenvalue weighted by atomic mass is 10.0. The van der Waals surface area contributed by atoms with Gasteiger partial charge in [-0.15, -0.1) is 0 Å². The maximum atomic E-state index is 13.4. The van der Waals surface area contributed by atoms with E-state index in [4.69, 9.17) is 0 Å². The Morgan fingerprint density at radius 3 is 2.91 bits per heavy atom. The van der Waals surface area contributed by atoms with Gasteiger partial charge in [0.1, 0.15) is 5.82 Å². The van der Waals surface area contributed by atoms with E-state index in [1.807, 2.05) is 17.9 Å². The molecule has 2 rings (SSSR count). The van der Waals surface area contributed by atoms with Crippen LogP contribution in [-0.2, 0) is 9.59 Å². The average Bonchev–Trinajstić information content (AvgIpc) is 3.02. The highest BCUT2D eigenvalue weighted by molar-refractivity contribution is 5.79. The third kappa shape index (κ3) is 5.05. The number of hydrogen-bond acceptors (Lipinski definition) is 2. The molecule has 1 aliphatic rings. The van der Waals surface area contributed by atoms with Crippen LogP contribution in [0.15, 0.2) is 24.3 Å². The zero-order valence-corrected chi connectivity index (χ0v) is 13.7. The summed E-state index contributed by atoms with van der Waals surface area (Å²) in [4.78, 5) is 25.8. The van der Waals surface area contributed by atoms with Gasteiger partial charge < -0.3 is 10.2 Å². The second-order valence-corrected chi connectivity index (χ2v) is 6.00. The summed E-state index contributed by atoms with van der Waals surface area (Å²) in [5, 5.41) is 2.81. The predicted octanol–water partition coefficient (Wildman–Crippen LogP) is 3.19. The maximum Gasteiger partial charge on any atom is 0.223 e. The number of halogens is 1. The predicted molar refractivity (Wildman–Crippen MR) is 87.2 cm³/mol. The minimum absolute atomic E-state index is 0.00255. The number of likely N-dealkylation sites (tertiary alicyclic amines) is 1. The van der Waals surface area contributed by atoms with E-state index >= 15 is 0 Å². The molecule has 126 valence electrons. The van der Waals surface area contributed by atoms with Crippen molar-refractivity contribution in [1.29, 1.82) is 0 Å². The fourth-order valence-corrected chi connectivity index (χ4v) is 3.02. The van der Waals surface area contributed by atoms with Crippen LogP contribution in [-0.4, -0.2) is 29.8 Å². The monoisotopic (exact) mass is 320 g/mol. The van der Waals surface area contributed by atoms with Gasteiger partial charge in [0.15, 0.2) is 0 Å². The van der Waals surface area contributed by atoms with Gasteiger partial charge in [0, 0.05) is 25.9 Å². The second kappa shape index (κ2) is 8.65. The van der Waals surface area contributed by atoms with E-state index in [2.05, 4.69) is 5.32 Å². The van der Waals surface area contributed by atoms with Crippen molar-refractivity contribution >= 4 is 11.8 Å². The van der Waals surface area contributed by atoms with Crippen LogP contribution in [0.1, 0.15) is 57.1 Å². The van der Waals surface area contributed by atoms with Crippen LogP contribution in [0.2, 0.25) is 0 Å². The zero-order valence-electron chi connectivity index (χ0n) is 13.7. The van der Waals surface area contributed by atoms with Crippen molar-refractivity contribution in [3.8, 4) is 0 Å². The lowest BCUT2D eigenvalue weighted by Gasteiger charge is -2.25. The van der Waals surface area contributed by atoms with E-state index in [0.29, 0.717) is 32.4 Å². The van der Waals surface area contributed by atoms with Crippen molar-refractivity contribution in [3.05, 3.63) is 35.6 Å². The molecule has 0 spiro atoms. The number of benzene rings is 1. The molecule has 1 aliphatic heterocycles. The quantitative estimate of drug-likeness (QED) is 0.839. The lowest BCUT2D eigenvalue weighted by molar-refractivity contribution is -0.132. The average molecular weight is 320 g/mol. The summed E-state index contributed by atoms with van der Waals surface area (Å²) in [5.41, 5.74) is 0.858. The van der Waals surface area contributed by atoms with Crippen LogP contribution in [0.4, 0.5) is 4.39 Å². The Kier molecular flexibility index (Phi) is 6.56. The summed E-state index contributed by atoms with van der Waals surface area (Å²) in [6, 6.07) is 6.45.